The van der Waals surface area contributed by atoms with Crippen LogP contribution in [0.2, 0.25) is 0 Å². The molecule has 1 aliphatic rings. The maximum absolute atomic E-state index is 12.5. The van der Waals surface area contributed by atoms with Gasteiger partial charge in [0.25, 0.3) is 0 Å². The summed E-state index contributed by atoms with van der Waals surface area (Å²) in [5.74, 6) is -0.899. The number of nitrogens with zero attached hydrogens (tertiary/aromatic N) is 2. The van der Waals surface area contributed by atoms with E-state index in [9.17, 15) is 14.7 Å². The number of aliphatic carboxylic acids is 1. The van der Waals surface area contributed by atoms with Crippen molar-refractivity contribution in [1.82, 2.24) is 9.30 Å². The molecule has 29 heavy (non-hydrogen) atoms. The Kier molecular flexibility index (Phi) is 5.40. The molecule has 7 heteroatoms. The topological polar surface area (TPSA) is 80.5 Å². The fraction of sp³-hybridized carbons (Fsp3) is 0.364. The van der Waals surface area contributed by atoms with E-state index in [1.165, 1.54) is 0 Å². The van der Waals surface area contributed by atoms with E-state index in [2.05, 4.69) is 4.90 Å². The summed E-state index contributed by atoms with van der Waals surface area (Å²) in [6.45, 7) is 4.23. The Morgan fingerprint density at radius 3 is 2.66 bits per heavy atom. The maximum Gasteiger partial charge on any atom is 0.346 e. The van der Waals surface area contributed by atoms with Crippen molar-refractivity contribution in [3.05, 3.63) is 48.2 Å². The van der Waals surface area contributed by atoms with Crippen LogP contribution < -0.4 is 4.74 Å². The molecule has 1 atom stereocenters. The summed E-state index contributed by atoms with van der Waals surface area (Å²) in [5.41, 5.74) is 2.01. The van der Waals surface area contributed by atoms with Gasteiger partial charge in [-0.25, -0.2) is 9.59 Å². The molecule has 1 fully saturated rings. The first kappa shape index (κ1) is 19.3. The quantitative estimate of drug-likeness (QED) is 0.618. The van der Waals surface area contributed by atoms with Crippen molar-refractivity contribution >= 4 is 28.4 Å². The SMILES string of the molecule is CCOC(=O)c1c2ccc(OC(CN3CCCC3)C(=O)O)cc2n2ccccc12. The lowest BCUT2D eigenvalue weighted by Crippen LogP contribution is -2.39. The summed E-state index contributed by atoms with van der Waals surface area (Å²) in [7, 11) is 0. The number of carboxylic acids is 1. The molecule has 0 radical (unpaired) electrons. The Balaban J connectivity index is 1.71. The zero-order valence-corrected chi connectivity index (χ0v) is 16.3. The van der Waals surface area contributed by atoms with Crippen LogP contribution in [0, 0.1) is 0 Å². The molecule has 3 aromatic rings. The van der Waals surface area contributed by atoms with Gasteiger partial charge in [-0.15, -0.1) is 0 Å². The summed E-state index contributed by atoms with van der Waals surface area (Å²) in [6.07, 6.45) is 3.10. The molecule has 152 valence electrons. The van der Waals surface area contributed by atoms with E-state index < -0.39 is 12.1 Å². The van der Waals surface area contributed by atoms with Crippen LogP contribution in [-0.2, 0) is 9.53 Å². The number of esters is 1. The van der Waals surface area contributed by atoms with Crippen molar-refractivity contribution in [2.75, 3.05) is 26.2 Å². The number of benzene rings is 1. The fourth-order valence-electron chi connectivity index (χ4n) is 3.94. The molecule has 1 aliphatic heterocycles. The first-order valence-corrected chi connectivity index (χ1v) is 9.90. The Hall–Kier alpha value is -3.06. The number of hydrogen-bond donors (Lipinski definition) is 1. The number of carbonyl (C=O) groups excluding carboxylic acids is 1. The van der Waals surface area contributed by atoms with Crippen LogP contribution in [0.3, 0.4) is 0 Å². The molecular weight excluding hydrogens is 372 g/mol. The first-order chi connectivity index (χ1) is 14.1. The van der Waals surface area contributed by atoms with Gasteiger partial charge < -0.3 is 19.0 Å². The monoisotopic (exact) mass is 396 g/mol. The van der Waals surface area contributed by atoms with Crippen LogP contribution in [0.5, 0.6) is 5.75 Å². The van der Waals surface area contributed by atoms with Gasteiger partial charge in [0.2, 0.25) is 6.10 Å². The van der Waals surface area contributed by atoms with Crippen molar-refractivity contribution in [1.29, 1.82) is 0 Å². The van der Waals surface area contributed by atoms with Gasteiger partial charge in [-0.2, -0.15) is 0 Å². The molecular formula is C22H24N2O5. The lowest BCUT2D eigenvalue weighted by Gasteiger charge is -2.21. The predicted octanol–water partition coefficient (Wildman–Crippen LogP) is 3.20. The summed E-state index contributed by atoms with van der Waals surface area (Å²) >= 11 is 0. The Morgan fingerprint density at radius 1 is 1.14 bits per heavy atom. The van der Waals surface area contributed by atoms with Crippen LogP contribution in [0.1, 0.15) is 30.1 Å². The highest BCUT2D eigenvalue weighted by molar-refractivity contribution is 6.11. The van der Waals surface area contributed by atoms with Gasteiger partial charge in [0.05, 0.1) is 23.2 Å². The molecule has 7 nitrogen and oxygen atoms in total. The van der Waals surface area contributed by atoms with E-state index in [0.717, 1.165) is 42.4 Å². The average molecular weight is 396 g/mol. The Morgan fingerprint density at radius 2 is 1.93 bits per heavy atom. The number of ether oxygens (including phenoxy) is 2. The van der Waals surface area contributed by atoms with Gasteiger partial charge in [-0.05, 0) is 57.1 Å². The molecule has 0 bridgehead atoms. The summed E-state index contributed by atoms with van der Waals surface area (Å²) < 4.78 is 13.0. The smallest absolute Gasteiger partial charge is 0.346 e. The Labute approximate surface area is 168 Å². The van der Waals surface area contributed by atoms with E-state index in [0.29, 0.717) is 24.5 Å². The number of carbonyl (C=O) groups is 2. The number of rotatable bonds is 7. The number of aromatic nitrogens is 1. The van der Waals surface area contributed by atoms with Crippen LogP contribution in [0.15, 0.2) is 42.6 Å². The number of pyridine rings is 1. The van der Waals surface area contributed by atoms with E-state index in [4.69, 9.17) is 9.47 Å². The minimum absolute atomic E-state index is 0.294. The molecule has 2 aromatic heterocycles. The minimum atomic E-state index is -0.982. The average Bonchev–Trinajstić information content (AvgIpc) is 3.33. The minimum Gasteiger partial charge on any atom is -0.478 e. The summed E-state index contributed by atoms with van der Waals surface area (Å²) in [6, 6.07) is 10.9. The van der Waals surface area contributed by atoms with Crippen LogP contribution >= 0.6 is 0 Å². The van der Waals surface area contributed by atoms with Gasteiger partial charge >= 0.3 is 11.9 Å². The van der Waals surface area contributed by atoms with E-state index in [1.54, 1.807) is 25.1 Å². The molecule has 1 aromatic carbocycles. The number of likely N-dealkylation sites (tertiary alicyclic amines) is 1. The van der Waals surface area contributed by atoms with Gasteiger partial charge in [0, 0.05) is 24.2 Å². The van der Waals surface area contributed by atoms with Crippen LogP contribution in [-0.4, -0.2) is 58.7 Å². The molecule has 0 amide bonds. The molecule has 4 rings (SSSR count). The lowest BCUT2D eigenvalue weighted by molar-refractivity contribution is -0.145. The normalized spacial score (nSPS) is 15.6. The van der Waals surface area contributed by atoms with Crippen molar-refractivity contribution < 1.29 is 24.2 Å². The number of hydrogen-bond acceptors (Lipinski definition) is 5. The highest BCUT2D eigenvalue weighted by Crippen LogP contribution is 2.30. The number of carboxylic acid groups (broad SMARTS) is 1. The zero-order chi connectivity index (χ0) is 20.4. The third-order valence-electron chi connectivity index (χ3n) is 5.27. The summed E-state index contributed by atoms with van der Waals surface area (Å²) in [5, 5.41) is 10.3. The van der Waals surface area contributed by atoms with Crippen molar-refractivity contribution in [3.8, 4) is 5.75 Å². The maximum atomic E-state index is 12.5. The second-order valence-electron chi connectivity index (χ2n) is 7.18. The highest BCUT2D eigenvalue weighted by Gasteiger charge is 2.25. The molecule has 1 unspecified atom stereocenters. The van der Waals surface area contributed by atoms with Crippen LogP contribution in [0.4, 0.5) is 0 Å². The van der Waals surface area contributed by atoms with Gasteiger partial charge in [-0.1, -0.05) is 6.07 Å². The Bertz CT molecular complexity index is 1050. The first-order valence-electron chi connectivity index (χ1n) is 9.90. The van der Waals surface area contributed by atoms with Crippen LogP contribution in [0.25, 0.3) is 16.4 Å². The molecule has 1 N–H and O–H groups in total. The predicted molar refractivity (Wildman–Crippen MR) is 109 cm³/mol. The molecule has 0 spiro atoms. The molecule has 3 heterocycles. The zero-order valence-electron chi connectivity index (χ0n) is 16.3. The highest BCUT2D eigenvalue weighted by atomic mass is 16.5. The van der Waals surface area contributed by atoms with E-state index in [1.807, 2.05) is 28.8 Å². The summed E-state index contributed by atoms with van der Waals surface area (Å²) in [4.78, 5) is 26.4. The second-order valence-corrected chi connectivity index (χ2v) is 7.18. The van der Waals surface area contributed by atoms with E-state index >= 15 is 0 Å². The number of fused-ring (bicyclic) bond motifs is 3. The van der Waals surface area contributed by atoms with Crippen molar-refractivity contribution in [3.63, 3.8) is 0 Å². The molecule has 0 aliphatic carbocycles. The molecule has 0 saturated carbocycles. The lowest BCUT2D eigenvalue weighted by atomic mass is 10.1. The van der Waals surface area contributed by atoms with Gasteiger partial charge in [0.1, 0.15) is 5.75 Å². The van der Waals surface area contributed by atoms with Crippen molar-refractivity contribution in [2.45, 2.75) is 25.9 Å². The second kappa shape index (κ2) is 8.13. The van der Waals surface area contributed by atoms with Gasteiger partial charge in [-0.3, -0.25) is 4.90 Å². The standard InChI is InChI=1S/C22H24N2O5/c1-2-28-22(27)20-16-9-8-15(13-18(16)24-12-4-3-7-17(20)24)29-19(21(25)26)14-23-10-5-6-11-23/h3-4,7-9,12-13,19H,2,5-6,10-11,14H2,1H3,(H,25,26). The van der Waals surface area contributed by atoms with E-state index in [-0.39, 0.29) is 5.97 Å². The third kappa shape index (κ3) is 3.78. The fourth-order valence-corrected chi connectivity index (χ4v) is 3.94. The third-order valence-corrected chi connectivity index (χ3v) is 5.27. The van der Waals surface area contributed by atoms with Crippen molar-refractivity contribution in [2.24, 2.45) is 0 Å². The largest absolute Gasteiger partial charge is 0.478 e. The molecule has 1 saturated heterocycles. The van der Waals surface area contributed by atoms with Gasteiger partial charge in [0.15, 0.2) is 0 Å².